The second kappa shape index (κ2) is 8.25. The number of carbonyl (C=O) groups excluding carboxylic acids is 1. The topological polar surface area (TPSA) is 94.0 Å². The highest BCUT2D eigenvalue weighted by Crippen LogP contribution is 2.23. The number of rotatable bonds is 4. The second-order valence-electron chi connectivity index (χ2n) is 6.82. The molecule has 1 aromatic carbocycles. The van der Waals surface area contributed by atoms with Gasteiger partial charge in [-0.25, -0.2) is 0 Å². The molecule has 1 heterocycles. The van der Waals surface area contributed by atoms with Crippen LogP contribution in [0.2, 0.25) is 0 Å². The molecule has 2 aromatic rings. The van der Waals surface area contributed by atoms with Crippen molar-refractivity contribution in [3.63, 3.8) is 0 Å². The standard InChI is InChI=1S/C19H26N4O2/c1-13(17-22-19(25-23-17)14-9-5-4-6-10-14)21-18(24)15-11-7-2-3-8-12-16(15)20/h4-6,9-10,13,15-16H,2-3,7-8,11-12,20H2,1H3,(H,21,24). The summed E-state index contributed by atoms with van der Waals surface area (Å²) in [5.41, 5.74) is 7.10. The van der Waals surface area contributed by atoms with Gasteiger partial charge in [0.25, 0.3) is 5.89 Å². The smallest absolute Gasteiger partial charge is 0.257 e. The van der Waals surface area contributed by atoms with E-state index in [-0.39, 0.29) is 23.9 Å². The van der Waals surface area contributed by atoms with Crippen molar-refractivity contribution in [1.82, 2.24) is 15.5 Å². The van der Waals surface area contributed by atoms with Gasteiger partial charge in [-0.2, -0.15) is 4.98 Å². The SMILES string of the molecule is CC(NC(=O)C1CCCCCCC1N)c1noc(-c2ccccc2)n1. The first-order valence-corrected chi connectivity index (χ1v) is 9.10. The lowest BCUT2D eigenvalue weighted by Gasteiger charge is -2.26. The van der Waals surface area contributed by atoms with Crippen molar-refractivity contribution in [1.29, 1.82) is 0 Å². The molecule has 1 aliphatic carbocycles. The van der Waals surface area contributed by atoms with Gasteiger partial charge >= 0.3 is 0 Å². The van der Waals surface area contributed by atoms with Crippen LogP contribution in [0.4, 0.5) is 0 Å². The van der Waals surface area contributed by atoms with Crippen LogP contribution < -0.4 is 11.1 Å². The Balaban J connectivity index is 1.64. The minimum Gasteiger partial charge on any atom is -0.346 e. The molecule has 0 bridgehead atoms. The second-order valence-corrected chi connectivity index (χ2v) is 6.82. The van der Waals surface area contributed by atoms with Crippen LogP contribution in [0.3, 0.4) is 0 Å². The quantitative estimate of drug-likeness (QED) is 0.890. The van der Waals surface area contributed by atoms with E-state index >= 15 is 0 Å². The fourth-order valence-corrected chi connectivity index (χ4v) is 3.33. The number of hydrogen-bond acceptors (Lipinski definition) is 5. The van der Waals surface area contributed by atoms with Gasteiger partial charge in [-0.1, -0.05) is 49.0 Å². The number of nitrogens with two attached hydrogens (primary N) is 1. The molecule has 6 heteroatoms. The van der Waals surface area contributed by atoms with Gasteiger partial charge in [0.15, 0.2) is 5.82 Å². The van der Waals surface area contributed by atoms with E-state index in [2.05, 4.69) is 15.5 Å². The van der Waals surface area contributed by atoms with Crippen molar-refractivity contribution in [2.24, 2.45) is 11.7 Å². The first-order valence-electron chi connectivity index (χ1n) is 9.10. The van der Waals surface area contributed by atoms with Crippen LogP contribution in [0.1, 0.15) is 57.3 Å². The molecular formula is C19H26N4O2. The first kappa shape index (κ1) is 17.6. The van der Waals surface area contributed by atoms with Crippen LogP contribution >= 0.6 is 0 Å². The normalized spacial score (nSPS) is 22.6. The molecule has 3 rings (SSSR count). The van der Waals surface area contributed by atoms with Gasteiger partial charge < -0.3 is 15.6 Å². The Bertz CT molecular complexity index is 686. The summed E-state index contributed by atoms with van der Waals surface area (Å²) in [5, 5.41) is 7.02. The van der Waals surface area contributed by atoms with Crippen molar-refractivity contribution in [3.05, 3.63) is 36.2 Å². The first-order chi connectivity index (χ1) is 12.1. The molecule has 3 atom stereocenters. The van der Waals surface area contributed by atoms with E-state index in [1.807, 2.05) is 37.3 Å². The Morgan fingerprint density at radius 2 is 1.92 bits per heavy atom. The molecule has 0 spiro atoms. The molecule has 1 fully saturated rings. The fourth-order valence-electron chi connectivity index (χ4n) is 3.33. The molecule has 134 valence electrons. The summed E-state index contributed by atoms with van der Waals surface area (Å²) in [5.74, 6) is 0.794. The number of hydrogen-bond donors (Lipinski definition) is 2. The molecule has 1 saturated carbocycles. The van der Waals surface area contributed by atoms with Crippen molar-refractivity contribution in [2.75, 3.05) is 0 Å². The molecule has 1 aromatic heterocycles. The van der Waals surface area contributed by atoms with E-state index in [1.165, 1.54) is 12.8 Å². The number of nitrogens with zero attached hydrogens (tertiary/aromatic N) is 2. The molecule has 0 aliphatic heterocycles. The van der Waals surface area contributed by atoms with Gasteiger partial charge in [-0.05, 0) is 31.9 Å². The molecule has 1 amide bonds. The van der Waals surface area contributed by atoms with Crippen molar-refractivity contribution >= 4 is 5.91 Å². The van der Waals surface area contributed by atoms with E-state index in [4.69, 9.17) is 10.3 Å². The summed E-state index contributed by atoms with van der Waals surface area (Å²) in [4.78, 5) is 17.1. The van der Waals surface area contributed by atoms with Crippen LogP contribution in [-0.2, 0) is 4.79 Å². The van der Waals surface area contributed by atoms with E-state index in [0.717, 1.165) is 31.2 Å². The zero-order valence-corrected chi connectivity index (χ0v) is 14.6. The van der Waals surface area contributed by atoms with Gasteiger partial charge in [-0.15, -0.1) is 0 Å². The molecular weight excluding hydrogens is 316 g/mol. The Morgan fingerprint density at radius 3 is 2.68 bits per heavy atom. The predicted octanol–water partition coefficient (Wildman–Crippen LogP) is 3.21. The highest BCUT2D eigenvalue weighted by Gasteiger charge is 2.28. The molecule has 0 saturated heterocycles. The average Bonchev–Trinajstić information content (AvgIpc) is 3.09. The van der Waals surface area contributed by atoms with Crippen LogP contribution in [-0.4, -0.2) is 22.1 Å². The van der Waals surface area contributed by atoms with Crippen LogP contribution in [0, 0.1) is 5.92 Å². The highest BCUT2D eigenvalue weighted by atomic mass is 16.5. The molecule has 25 heavy (non-hydrogen) atoms. The summed E-state index contributed by atoms with van der Waals surface area (Å²) in [6.45, 7) is 1.87. The Kier molecular flexibility index (Phi) is 5.81. The Labute approximate surface area is 148 Å². The summed E-state index contributed by atoms with van der Waals surface area (Å²) < 4.78 is 5.32. The van der Waals surface area contributed by atoms with E-state index in [0.29, 0.717) is 11.7 Å². The third-order valence-corrected chi connectivity index (χ3v) is 4.86. The lowest BCUT2D eigenvalue weighted by atomic mass is 9.86. The van der Waals surface area contributed by atoms with E-state index < -0.39 is 0 Å². The number of amides is 1. The number of aromatic nitrogens is 2. The third-order valence-electron chi connectivity index (χ3n) is 4.86. The maximum Gasteiger partial charge on any atom is 0.257 e. The maximum absolute atomic E-state index is 12.7. The molecule has 6 nitrogen and oxygen atoms in total. The van der Waals surface area contributed by atoms with Gasteiger partial charge in [0, 0.05) is 11.6 Å². The molecule has 3 N–H and O–H groups in total. The van der Waals surface area contributed by atoms with Crippen molar-refractivity contribution in [3.8, 4) is 11.5 Å². The molecule has 1 aliphatic rings. The van der Waals surface area contributed by atoms with Gasteiger partial charge in [0.05, 0.1) is 12.0 Å². The summed E-state index contributed by atoms with van der Waals surface area (Å²) in [6, 6.07) is 9.20. The summed E-state index contributed by atoms with van der Waals surface area (Å²) in [6.07, 6.45) is 6.31. The van der Waals surface area contributed by atoms with E-state index in [1.54, 1.807) is 0 Å². The number of benzene rings is 1. The van der Waals surface area contributed by atoms with Crippen LogP contribution in [0.25, 0.3) is 11.5 Å². The maximum atomic E-state index is 12.7. The minimum absolute atomic E-state index is 0.00652. The summed E-state index contributed by atoms with van der Waals surface area (Å²) >= 11 is 0. The van der Waals surface area contributed by atoms with Gasteiger partial charge in [0.2, 0.25) is 5.91 Å². The highest BCUT2D eigenvalue weighted by molar-refractivity contribution is 5.79. The fraction of sp³-hybridized carbons (Fsp3) is 0.526. The zero-order chi connectivity index (χ0) is 17.6. The third kappa shape index (κ3) is 4.45. The largest absolute Gasteiger partial charge is 0.346 e. The van der Waals surface area contributed by atoms with Crippen LogP contribution in [0.5, 0.6) is 0 Å². The molecule has 0 radical (unpaired) electrons. The number of carbonyl (C=O) groups is 1. The van der Waals surface area contributed by atoms with Gasteiger partial charge in [-0.3, -0.25) is 4.79 Å². The van der Waals surface area contributed by atoms with Crippen molar-refractivity contribution < 1.29 is 9.32 Å². The van der Waals surface area contributed by atoms with Gasteiger partial charge in [0.1, 0.15) is 0 Å². The van der Waals surface area contributed by atoms with Crippen molar-refractivity contribution in [2.45, 2.75) is 57.5 Å². The van der Waals surface area contributed by atoms with E-state index in [9.17, 15) is 4.79 Å². The lowest BCUT2D eigenvalue weighted by molar-refractivity contribution is -0.126. The summed E-state index contributed by atoms with van der Waals surface area (Å²) in [7, 11) is 0. The zero-order valence-electron chi connectivity index (χ0n) is 14.6. The number of nitrogens with one attached hydrogen (secondary N) is 1. The predicted molar refractivity (Wildman–Crippen MR) is 95.5 cm³/mol. The Morgan fingerprint density at radius 1 is 1.20 bits per heavy atom. The average molecular weight is 342 g/mol. The molecule has 3 unspecified atom stereocenters. The Hall–Kier alpha value is -2.21. The monoisotopic (exact) mass is 342 g/mol. The minimum atomic E-state index is -0.314. The van der Waals surface area contributed by atoms with Crippen LogP contribution in [0.15, 0.2) is 34.9 Å². The lowest BCUT2D eigenvalue weighted by Crippen LogP contribution is -2.43.